The number of likely N-dealkylation sites (N-methyl/N-ethyl adjacent to an activating group) is 1. The van der Waals surface area contributed by atoms with Crippen LogP contribution in [0.1, 0.15) is 0 Å². The molecule has 0 bridgehead atoms. The molecule has 0 amide bonds. The maximum absolute atomic E-state index is 4.82. The van der Waals surface area contributed by atoms with E-state index in [1.807, 2.05) is 35.0 Å². The molecule has 0 spiro atoms. The van der Waals surface area contributed by atoms with Crippen molar-refractivity contribution >= 4 is 11.5 Å². The van der Waals surface area contributed by atoms with Gasteiger partial charge in [-0.15, -0.1) is 0 Å². The van der Waals surface area contributed by atoms with Crippen molar-refractivity contribution in [3.63, 3.8) is 0 Å². The van der Waals surface area contributed by atoms with Crippen LogP contribution in [-0.4, -0.2) is 67.4 Å². The Balaban J connectivity index is 1.53. The largest absolute Gasteiger partial charge is 0.354 e. The van der Waals surface area contributed by atoms with E-state index in [1.165, 1.54) is 0 Å². The minimum absolute atomic E-state index is 0.660. The summed E-state index contributed by atoms with van der Waals surface area (Å²) in [5.74, 6) is 1.61. The van der Waals surface area contributed by atoms with Crippen LogP contribution in [0, 0.1) is 0 Å². The summed E-state index contributed by atoms with van der Waals surface area (Å²) in [7, 11) is 2.15. The molecule has 28 heavy (non-hydrogen) atoms. The lowest BCUT2D eigenvalue weighted by Gasteiger charge is -2.33. The van der Waals surface area contributed by atoms with Gasteiger partial charge in [0.1, 0.15) is 11.5 Å². The van der Waals surface area contributed by atoms with Crippen molar-refractivity contribution in [1.29, 1.82) is 0 Å². The van der Waals surface area contributed by atoms with Crippen LogP contribution in [-0.2, 0) is 0 Å². The molecule has 1 aliphatic heterocycles. The second-order valence-electron chi connectivity index (χ2n) is 6.91. The molecule has 4 aromatic heterocycles. The highest BCUT2D eigenvalue weighted by Gasteiger charge is 2.17. The van der Waals surface area contributed by atoms with E-state index in [9.17, 15) is 0 Å². The van der Waals surface area contributed by atoms with Crippen LogP contribution in [0.3, 0.4) is 0 Å². The van der Waals surface area contributed by atoms with Crippen LogP contribution in [0.2, 0.25) is 0 Å². The van der Waals surface area contributed by atoms with Crippen molar-refractivity contribution in [2.24, 2.45) is 0 Å². The standard InChI is InChI=1S/C20H20N8/c1-26-7-9-27(10-8-26)18-4-6-22-20(25-18)17-12-24-19-13-23-16(14-28(17)19)15-3-2-5-21-11-15/h2-6,11-14H,7-10H2,1H3. The number of rotatable bonds is 3. The van der Waals surface area contributed by atoms with Crippen LogP contribution in [0.4, 0.5) is 5.82 Å². The molecule has 0 saturated carbocycles. The van der Waals surface area contributed by atoms with Crippen LogP contribution < -0.4 is 4.90 Å². The van der Waals surface area contributed by atoms with Gasteiger partial charge in [0.05, 0.1) is 18.1 Å². The summed E-state index contributed by atoms with van der Waals surface area (Å²) in [5, 5.41) is 0. The number of pyridine rings is 1. The molecule has 0 radical (unpaired) electrons. The highest BCUT2D eigenvalue weighted by atomic mass is 15.3. The predicted octanol–water partition coefficient (Wildman–Crippen LogP) is 2.00. The van der Waals surface area contributed by atoms with Gasteiger partial charge in [0.15, 0.2) is 11.5 Å². The average molecular weight is 372 g/mol. The average Bonchev–Trinajstić information content (AvgIpc) is 3.18. The van der Waals surface area contributed by atoms with Gasteiger partial charge in [0.25, 0.3) is 0 Å². The van der Waals surface area contributed by atoms with E-state index < -0.39 is 0 Å². The normalized spacial score (nSPS) is 15.2. The molecule has 5 heterocycles. The molecule has 0 unspecified atom stereocenters. The lowest BCUT2D eigenvalue weighted by atomic mass is 10.2. The van der Waals surface area contributed by atoms with E-state index in [0.717, 1.165) is 54.6 Å². The van der Waals surface area contributed by atoms with E-state index in [-0.39, 0.29) is 0 Å². The zero-order chi connectivity index (χ0) is 18.9. The third kappa shape index (κ3) is 3.07. The SMILES string of the molecule is CN1CCN(c2ccnc(-c3cnc4cnc(-c5cccnc5)cn34)n2)CC1. The van der Waals surface area contributed by atoms with Gasteiger partial charge in [-0.25, -0.2) is 15.0 Å². The zero-order valence-electron chi connectivity index (χ0n) is 15.6. The number of hydrogen-bond donors (Lipinski definition) is 0. The molecule has 8 nitrogen and oxygen atoms in total. The summed E-state index contributed by atoms with van der Waals surface area (Å²) < 4.78 is 1.98. The third-order valence-electron chi connectivity index (χ3n) is 5.05. The highest BCUT2D eigenvalue weighted by molar-refractivity contribution is 5.63. The fourth-order valence-electron chi connectivity index (χ4n) is 3.40. The molecule has 5 rings (SSSR count). The smallest absolute Gasteiger partial charge is 0.180 e. The van der Waals surface area contributed by atoms with Crippen LogP contribution in [0.15, 0.2) is 55.4 Å². The maximum Gasteiger partial charge on any atom is 0.180 e. The first-order chi connectivity index (χ1) is 13.8. The minimum atomic E-state index is 0.660. The Morgan fingerprint density at radius 1 is 0.893 bits per heavy atom. The molecule has 0 atom stereocenters. The molecule has 8 heteroatoms. The molecule has 0 aromatic carbocycles. The lowest BCUT2D eigenvalue weighted by Crippen LogP contribution is -2.44. The predicted molar refractivity (Wildman–Crippen MR) is 107 cm³/mol. The Kier molecular flexibility index (Phi) is 4.17. The summed E-state index contributed by atoms with van der Waals surface area (Å²) in [6.45, 7) is 4.01. The Bertz CT molecular complexity index is 1100. The van der Waals surface area contributed by atoms with Crippen LogP contribution in [0.5, 0.6) is 0 Å². The van der Waals surface area contributed by atoms with Crippen molar-refractivity contribution in [1.82, 2.24) is 34.2 Å². The second-order valence-corrected chi connectivity index (χ2v) is 6.91. The second kappa shape index (κ2) is 6.97. The third-order valence-corrected chi connectivity index (χ3v) is 5.05. The van der Waals surface area contributed by atoms with Crippen molar-refractivity contribution < 1.29 is 0 Å². The summed E-state index contributed by atoms with van der Waals surface area (Å²) in [6.07, 6.45) is 10.9. The van der Waals surface area contributed by atoms with Gasteiger partial charge in [-0.2, -0.15) is 0 Å². The molecule has 0 N–H and O–H groups in total. The van der Waals surface area contributed by atoms with Crippen molar-refractivity contribution in [3.8, 4) is 22.8 Å². The number of imidazole rings is 1. The summed E-state index contributed by atoms with van der Waals surface area (Å²) in [6, 6.07) is 5.86. The molecule has 1 saturated heterocycles. The van der Waals surface area contributed by atoms with Gasteiger partial charge >= 0.3 is 0 Å². The molecular weight excluding hydrogens is 352 g/mol. The van der Waals surface area contributed by atoms with E-state index in [1.54, 1.807) is 24.8 Å². The van der Waals surface area contributed by atoms with Crippen LogP contribution >= 0.6 is 0 Å². The molecule has 0 aliphatic carbocycles. The molecule has 140 valence electrons. The van der Waals surface area contributed by atoms with Crippen molar-refractivity contribution in [2.45, 2.75) is 0 Å². The topological polar surface area (TPSA) is 75.3 Å². The van der Waals surface area contributed by atoms with Crippen molar-refractivity contribution in [2.75, 3.05) is 38.1 Å². The summed E-state index contributed by atoms with van der Waals surface area (Å²) in [5.41, 5.74) is 3.39. The monoisotopic (exact) mass is 372 g/mol. The first kappa shape index (κ1) is 16.8. The van der Waals surface area contributed by atoms with Crippen LogP contribution in [0.25, 0.3) is 28.4 Å². The number of anilines is 1. The Morgan fingerprint density at radius 3 is 2.61 bits per heavy atom. The number of nitrogens with zero attached hydrogens (tertiary/aromatic N) is 8. The van der Waals surface area contributed by atoms with Gasteiger partial charge in [-0.1, -0.05) is 0 Å². The Hall–Kier alpha value is -3.39. The van der Waals surface area contributed by atoms with E-state index in [2.05, 4.69) is 36.8 Å². The Labute approximate surface area is 162 Å². The zero-order valence-corrected chi connectivity index (χ0v) is 15.6. The first-order valence-electron chi connectivity index (χ1n) is 9.28. The molecule has 1 fully saturated rings. The number of aromatic nitrogens is 6. The van der Waals surface area contributed by atoms with Gasteiger partial charge in [-0.05, 0) is 25.2 Å². The molecular formula is C20H20N8. The highest BCUT2D eigenvalue weighted by Crippen LogP contribution is 2.23. The minimum Gasteiger partial charge on any atom is -0.354 e. The fraction of sp³-hybridized carbons (Fsp3) is 0.250. The van der Waals surface area contributed by atoms with E-state index in [4.69, 9.17) is 4.98 Å². The van der Waals surface area contributed by atoms with Gasteiger partial charge in [0, 0.05) is 56.5 Å². The number of fused-ring (bicyclic) bond motifs is 1. The van der Waals surface area contributed by atoms with Gasteiger partial charge in [-0.3, -0.25) is 14.4 Å². The molecule has 4 aromatic rings. The maximum atomic E-state index is 4.82. The van der Waals surface area contributed by atoms with Crippen molar-refractivity contribution in [3.05, 3.63) is 55.4 Å². The fourth-order valence-corrected chi connectivity index (χ4v) is 3.40. The lowest BCUT2D eigenvalue weighted by molar-refractivity contribution is 0.312. The van der Waals surface area contributed by atoms with E-state index in [0.29, 0.717) is 5.82 Å². The number of piperazine rings is 1. The quantitative estimate of drug-likeness (QED) is 0.544. The van der Waals surface area contributed by atoms with Gasteiger partial charge < -0.3 is 9.80 Å². The number of hydrogen-bond acceptors (Lipinski definition) is 7. The molecule has 1 aliphatic rings. The Morgan fingerprint density at radius 2 is 1.79 bits per heavy atom. The first-order valence-corrected chi connectivity index (χ1v) is 9.28. The van der Waals surface area contributed by atoms with Gasteiger partial charge in [0.2, 0.25) is 0 Å². The summed E-state index contributed by atoms with van der Waals surface area (Å²) >= 11 is 0. The summed E-state index contributed by atoms with van der Waals surface area (Å²) in [4.78, 5) is 27.1. The van der Waals surface area contributed by atoms with E-state index >= 15 is 0 Å².